The topological polar surface area (TPSA) is 63.2 Å². The predicted octanol–water partition coefficient (Wildman–Crippen LogP) is 5.12. The molecule has 32 heavy (non-hydrogen) atoms. The molecule has 7 atom stereocenters. The van der Waals surface area contributed by atoms with Gasteiger partial charge in [-0.05, 0) is 76.0 Å². The van der Waals surface area contributed by atoms with Crippen LogP contribution in [0.5, 0.6) is 0 Å². The van der Waals surface area contributed by atoms with Crippen molar-refractivity contribution in [2.24, 2.45) is 17.8 Å². The zero-order chi connectivity index (χ0) is 21.8. The first-order chi connectivity index (χ1) is 15.8. The number of hydrogen-bond donors (Lipinski definition) is 0. The van der Waals surface area contributed by atoms with Crippen LogP contribution in [0.3, 0.4) is 0 Å². The van der Waals surface area contributed by atoms with Crippen molar-refractivity contribution in [3.8, 4) is 0 Å². The second kappa shape index (κ2) is 11.2. The van der Waals surface area contributed by atoms with Crippen LogP contribution in [-0.2, 0) is 28.5 Å². The van der Waals surface area contributed by atoms with Gasteiger partial charge in [0.1, 0.15) is 6.10 Å². The van der Waals surface area contributed by atoms with Gasteiger partial charge in [0, 0.05) is 25.6 Å². The Morgan fingerprint density at radius 2 is 1.59 bits per heavy atom. The van der Waals surface area contributed by atoms with Gasteiger partial charge in [-0.2, -0.15) is 0 Å². The van der Waals surface area contributed by atoms with Crippen LogP contribution in [0, 0.1) is 17.8 Å². The first-order valence-electron chi connectivity index (χ1n) is 13.5. The Labute approximate surface area is 193 Å². The molecule has 0 bridgehead atoms. The fraction of sp³-hybridized carbons (Fsp3) is 0.962. The maximum atomic E-state index is 12.0. The van der Waals surface area contributed by atoms with Crippen LogP contribution >= 0.6 is 0 Å². The van der Waals surface area contributed by atoms with Gasteiger partial charge in [0.15, 0.2) is 12.6 Å². The zero-order valence-corrected chi connectivity index (χ0v) is 19.6. The van der Waals surface area contributed by atoms with Crippen molar-refractivity contribution >= 4 is 5.97 Å². The van der Waals surface area contributed by atoms with E-state index in [2.05, 4.69) is 0 Å². The van der Waals surface area contributed by atoms with Crippen LogP contribution in [0.15, 0.2) is 0 Å². The second-order valence-corrected chi connectivity index (χ2v) is 10.7. The number of carbonyl (C=O) groups excluding carboxylic acids is 1. The minimum atomic E-state index is -0.0909. The van der Waals surface area contributed by atoms with Crippen molar-refractivity contribution in [2.45, 2.75) is 127 Å². The van der Waals surface area contributed by atoms with Crippen LogP contribution in [0.1, 0.15) is 96.3 Å². The summed E-state index contributed by atoms with van der Waals surface area (Å²) in [4.78, 5) is 12.0. The Morgan fingerprint density at radius 1 is 0.875 bits per heavy atom. The van der Waals surface area contributed by atoms with Gasteiger partial charge in [-0.1, -0.05) is 19.3 Å². The van der Waals surface area contributed by atoms with Crippen molar-refractivity contribution in [3.05, 3.63) is 0 Å². The highest BCUT2D eigenvalue weighted by atomic mass is 16.7. The van der Waals surface area contributed by atoms with Gasteiger partial charge in [-0.15, -0.1) is 0 Å². The lowest BCUT2D eigenvalue weighted by molar-refractivity contribution is -0.207. The van der Waals surface area contributed by atoms with E-state index in [1.807, 2.05) is 0 Å². The number of ether oxygens (including phenoxy) is 5. The van der Waals surface area contributed by atoms with Crippen LogP contribution in [0.25, 0.3) is 0 Å². The number of hydrogen-bond acceptors (Lipinski definition) is 6. The van der Waals surface area contributed by atoms with Gasteiger partial charge in [0.25, 0.3) is 0 Å². The molecule has 5 aliphatic rings. The van der Waals surface area contributed by atoms with E-state index in [9.17, 15) is 4.79 Å². The van der Waals surface area contributed by atoms with Gasteiger partial charge < -0.3 is 23.7 Å². The van der Waals surface area contributed by atoms with Crippen LogP contribution in [0.4, 0.5) is 0 Å². The van der Waals surface area contributed by atoms with Gasteiger partial charge in [-0.3, -0.25) is 4.79 Å². The molecule has 6 nitrogen and oxygen atoms in total. The lowest BCUT2D eigenvalue weighted by Gasteiger charge is -2.36. The number of rotatable bonds is 8. The monoisotopic (exact) mass is 450 g/mol. The highest BCUT2D eigenvalue weighted by Gasteiger charge is 2.51. The minimum Gasteiger partial charge on any atom is -0.462 e. The molecule has 0 aromatic heterocycles. The summed E-state index contributed by atoms with van der Waals surface area (Å²) in [5, 5.41) is 0. The summed E-state index contributed by atoms with van der Waals surface area (Å²) in [7, 11) is 0. The van der Waals surface area contributed by atoms with Crippen LogP contribution in [0.2, 0.25) is 0 Å². The fourth-order valence-electron chi connectivity index (χ4n) is 6.82. The molecule has 0 aromatic rings. The molecule has 0 radical (unpaired) electrons. The molecule has 2 aliphatic carbocycles. The normalized spacial score (nSPS) is 39.6. The maximum absolute atomic E-state index is 12.0. The predicted molar refractivity (Wildman–Crippen MR) is 119 cm³/mol. The molecule has 2 saturated carbocycles. The molecule has 182 valence electrons. The van der Waals surface area contributed by atoms with E-state index in [1.165, 1.54) is 44.9 Å². The molecule has 6 heteroatoms. The molecule has 5 rings (SSSR count). The van der Waals surface area contributed by atoms with E-state index in [4.69, 9.17) is 23.7 Å². The molecular formula is C26H42O6. The highest BCUT2D eigenvalue weighted by Crippen LogP contribution is 2.46. The molecule has 5 fully saturated rings. The SMILES string of the molecule is O=C1CC2C(CC(OC3CCCCO3)C2CCC(OC2CCCCO2)C2CCCCC2)O1. The fourth-order valence-corrected chi connectivity index (χ4v) is 6.82. The van der Waals surface area contributed by atoms with Crippen molar-refractivity contribution < 1.29 is 28.5 Å². The van der Waals surface area contributed by atoms with E-state index in [0.717, 1.165) is 58.2 Å². The highest BCUT2D eigenvalue weighted by molar-refractivity contribution is 5.72. The van der Waals surface area contributed by atoms with Gasteiger partial charge in [-0.25, -0.2) is 0 Å². The molecule has 0 N–H and O–H groups in total. The summed E-state index contributed by atoms with van der Waals surface area (Å²) in [6, 6.07) is 0. The van der Waals surface area contributed by atoms with E-state index >= 15 is 0 Å². The summed E-state index contributed by atoms with van der Waals surface area (Å²) in [5.41, 5.74) is 0. The Morgan fingerprint density at radius 3 is 2.31 bits per heavy atom. The largest absolute Gasteiger partial charge is 0.462 e. The third-order valence-corrected chi connectivity index (χ3v) is 8.54. The number of esters is 1. The zero-order valence-electron chi connectivity index (χ0n) is 19.6. The molecule has 3 aliphatic heterocycles. The number of carbonyl (C=O) groups is 1. The third-order valence-electron chi connectivity index (χ3n) is 8.54. The Kier molecular flexibility index (Phi) is 8.04. The first kappa shape index (κ1) is 23.1. The van der Waals surface area contributed by atoms with E-state index in [0.29, 0.717) is 18.3 Å². The summed E-state index contributed by atoms with van der Waals surface area (Å²) >= 11 is 0. The maximum Gasteiger partial charge on any atom is 0.306 e. The lowest BCUT2D eigenvalue weighted by Crippen LogP contribution is -2.35. The molecular weight excluding hydrogens is 408 g/mol. The molecule has 0 spiro atoms. The Hall–Kier alpha value is -0.690. The van der Waals surface area contributed by atoms with Crippen molar-refractivity contribution in [1.82, 2.24) is 0 Å². The Balaban J connectivity index is 1.23. The summed E-state index contributed by atoms with van der Waals surface area (Å²) in [5.74, 6) is 1.23. The van der Waals surface area contributed by atoms with Crippen molar-refractivity contribution in [2.75, 3.05) is 13.2 Å². The molecule has 0 amide bonds. The summed E-state index contributed by atoms with van der Waals surface area (Å²) < 4.78 is 30.6. The minimum absolute atomic E-state index is 0.0248. The molecule has 3 saturated heterocycles. The average molecular weight is 451 g/mol. The van der Waals surface area contributed by atoms with Gasteiger partial charge in [0.2, 0.25) is 0 Å². The lowest BCUT2D eigenvalue weighted by atomic mass is 9.80. The van der Waals surface area contributed by atoms with Crippen molar-refractivity contribution in [1.29, 1.82) is 0 Å². The number of fused-ring (bicyclic) bond motifs is 1. The third kappa shape index (κ3) is 5.68. The average Bonchev–Trinajstić information content (AvgIpc) is 3.34. The second-order valence-electron chi connectivity index (χ2n) is 10.7. The van der Waals surface area contributed by atoms with E-state index < -0.39 is 0 Å². The van der Waals surface area contributed by atoms with E-state index in [-0.39, 0.29) is 42.8 Å². The molecule has 7 unspecified atom stereocenters. The van der Waals surface area contributed by atoms with Crippen LogP contribution in [-0.4, -0.2) is 50.1 Å². The molecule has 0 aromatic carbocycles. The van der Waals surface area contributed by atoms with E-state index in [1.54, 1.807) is 0 Å². The Bertz CT molecular complexity index is 593. The quantitative estimate of drug-likeness (QED) is 0.478. The first-order valence-corrected chi connectivity index (χ1v) is 13.5. The standard InChI is InChI=1S/C26H42O6/c27-24-16-20-19(22(17-23(20)30-24)32-26-11-5-7-15-29-26)12-13-21(18-8-2-1-3-9-18)31-25-10-4-6-14-28-25/h18-23,25-26H,1-17H2. The van der Waals surface area contributed by atoms with Gasteiger partial charge in [0.05, 0.1) is 18.6 Å². The summed E-state index contributed by atoms with van der Waals surface area (Å²) in [6.07, 6.45) is 16.9. The smallest absolute Gasteiger partial charge is 0.306 e. The van der Waals surface area contributed by atoms with Gasteiger partial charge >= 0.3 is 5.97 Å². The molecule has 3 heterocycles. The van der Waals surface area contributed by atoms with Crippen molar-refractivity contribution in [3.63, 3.8) is 0 Å². The summed E-state index contributed by atoms with van der Waals surface area (Å²) in [6.45, 7) is 1.62. The van der Waals surface area contributed by atoms with Crippen LogP contribution < -0.4 is 0 Å².